The van der Waals surface area contributed by atoms with Gasteiger partial charge in [0.05, 0.1) is 12.8 Å². The lowest BCUT2D eigenvalue weighted by Gasteiger charge is -2.14. The number of nitrogens with one attached hydrogen (secondary N) is 1. The molecule has 1 aromatic rings. The van der Waals surface area contributed by atoms with E-state index in [4.69, 9.17) is 9.84 Å². The molecule has 0 amide bonds. The third-order valence-corrected chi connectivity index (χ3v) is 2.70. The minimum Gasteiger partial charge on any atom is -0.496 e. The number of aryl methyl sites for hydroxylation is 1. The molecule has 0 aromatic carbocycles. The minimum absolute atomic E-state index is 0.413. The molecular weight excluding hydrogens is 220 g/mol. The lowest BCUT2D eigenvalue weighted by atomic mass is 10.1. The monoisotopic (exact) mass is 238 g/mol. The van der Waals surface area contributed by atoms with Crippen molar-refractivity contribution in [2.24, 2.45) is 0 Å². The Morgan fingerprint density at radius 1 is 1.59 bits per heavy atom. The molecule has 94 valence electrons. The highest BCUT2D eigenvalue weighted by Crippen LogP contribution is 2.23. The Bertz CT molecular complexity index is 418. The maximum Gasteiger partial charge on any atom is 0.320 e. The van der Waals surface area contributed by atoms with Crippen molar-refractivity contribution in [2.45, 2.75) is 33.4 Å². The maximum absolute atomic E-state index is 10.7. The molecule has 1 aromatic heterocycles. The zero-order chi connectivity index (χ0) is 13.0. The first-order valence-corrected chi connectivity index (χ1v) is 5.42. The van der Waals surface area contributed by atoms with E-state index in [-0.39, 0.29) is 0 Å². The SMILES string of the molecule is COc1c(C)cnc(CN[C@@H](C)C(=O)O)c1C. The highest BCUT2D eigenvalue weighted by atomic mass is 16.5. The van der Waals surface area contributed by atoms with Crippen LogP contribution in [0.15, 0.2) is 6.20 Å². The summed E-state index contributed by atoms with van der Waals surface area (Å²) >= 11 is 0. The molecule has 0 saturated carbocycles. The average Bonchev–Trinajstić information content (AvgIpc) is 2.28. The Morgan fingerprint density at radius 2 is 2.24 bits per heavy atom. The van der Waals surface area contributed by atoms with E-state index in [2.05, 4.69) is 10.3 Å². The second-order valence-corrected chi connectivity index (χ2v) is 3.99. The Morgan fingerprint density at radius 3 is 2.76 bits per heavy atom. The van der Waals surface area contributed by atoms with Gasteiger partial charge in [-0.3, -0.25) is 15.1 Å². The molecule has 1 atom stereocenters. The van der Waals surface area contributed by atoms with E-state index in [9.17, 15) is 4.79 Å². The number of carbonyl (C=O) groups is 1. The summed E-state index contributed by atoms with van der Waals surface area (Å²) in [6, 6.07) is -0.594. The van der Waals surface area contributed by atoms with Gasteiger partial charge in [0.25, 0.3) is 0 Å². The number of carboxylic acids is 1. The van der Waals surface area contributed by atoms with E-state index < -0.39 is 12.0 Å². The summed E-state index contributed by atoms with van der Waals surface area (Å²) in [5.41, 5.74) is 2.72. The Labute approximate surface area is 101 Å². The molecule has 2 N–H and O–H groups in total. The molecule has 0 fully saturated rings. The maximum atomic E-state index is 10.7. The Balaban J connectivity index is 2.82. The molecule has 0 unspecified atom stereocenters. The molecule has 1 heterocycles. The molecule has 0 bridgehead atoms. The number of hydrogen-bond acceptors (Lipinski definition) is 4. The summed E-state index contributed by atoms with van der Waals surface area (Å²) in [5.74, 6) is -0.0680. The molecule has 5 nitrogen and oxygen atoms in total. The van der Waals surface area contributed by atoms with Crippen LogP contribution in [0.1, 0.15) is 23.7 Å². The third-order valence-electron chi connectivity index (χ3n) is 2.70. The highest BCUT2D eigenvalue weighted by Gasteiger charge is 2.13. The summed E-state index contributed by atoms with van der Waals surface area (Å²) in [6.07, 6.45) is 1.73. The van der Waals surface area contributed by atoms with E-state index in [0.717, 1.165) is 22.6 Å². The second-order valence-electron chi connectivity index (χ2n) is 3.99. The van der Waals surface area contributed by atoms with Crippen molar-refractivity contribution in [3.05, 3.63) is 23.0 Å². The van der Waals surface area contributed by atoms with Crippen LogP contribution in [-0.2, 0) is 11.3 Å². The number of hydrogen-bond donors (Lipinski definition) is 2. The smallest absolute Gasteiger partial charge is 0.320 e. The summed E-state index contributed by atoms with van der Waals surface area (Å²) in [6.45, 7) is 5.86. The molecule has 0 aliphatic rings. The van der Waals surface area contributed by atoms with Crippen LogP contribution in [0.3, 0.4) is 0 Å². The van der Waals surface area contributed by atoms with Crippen molar-refractivity contribution in [3.8, 4) is 5.75 Å². The molecular formula is C12H18N2O3. The van der Waals surface area contributed by atoms with Gasteiger partial charge in [0.15, 0.2) is 0 Å². The number of ether oxygens (including phenoxy) is 1. The first-order chi connectivity index (χ1) is 7.97. The molecule has 1 rings (SSSR count). The third kappa shape index (κ3) is 3.17. The van der Waals surface area contributed by atoms with Crippen LogP contribution in [0.2, 0.25) is 0 Å². The highest BCUT2D eigenvalue weighted by molar-refractivity contribution is 5.72. The summed E-state index contributed by atoms with van der Waals surface area (Å²) in [5, 5.41) is 11.7. The molecule has 0 aliphatic carbocycles. The van der Waals surface area contributed by atoms with Crippen molar-refractivity contribution in [3.63, 3.8) is 0 Å². The van der Waals surface area contributed by atoms with Gasteiger partial charge in [-0.2, -0.15) is 0 Å². The topological polar surface area (TPSA) is 71.5 Å². The summed E-state index contributed by atoms with van der Waals surface area (Å²) in [7, 11) is 1.62. The number of methoxy groups -OCH3 is 1. The van der Waals surface area contributed by atoms with E-state index in [1.54, 1.807) is 20.2 Å². The van der Waals surface area contributed by atoms with E-state index in [1.165, 1.54) is 0 Å². The van der Waals surface area contributed by atoms with Crippen molar-refractivity contribution in [1.29, 1.82) is 0 Å². The average molecular weight is 238 g/mol. The van der Waals surface area contributed by atoms with Crippen molar-refractivity contribution in [1.82, 2.24) is 10.3 Å². The van der Waals surface area contributed by atoms with Gasteiger partial charge in [-0.1, -0.05) is 0 Å². The van der Waals surface area contributed by atoms with Gasteiger partial charge in [-0.15, -0.1) is 0 Å². The quantitative estimate of drug-likeness (QED) is 0.808. The van der Waals surface area contributed by atoms with Crippen LogP contribution >= 0.6 is 0 Å². The fraction of sp³-hybridized carbons (Fsp3) is 0.500. The normalized spacial score (nSPS) is 12.2. The van der Waals surface area contributed by atoms with Crippen LogP contribution in [0.25, 0.3) is 0 Å². The number of nitrogens with zero attached hydrogens (tertiary/aromatic N) is 1. The van der Waals surface area contributed by atoms with Gasteiger partial charge in [-0.05, 0) is 20.8 Å². The lowest BCUT2D eigenvalue weighted by Crippen LogP contribution is -2.33. The number of aliphatic carboxylic acids is 1. The molecule has 5 heteroatoms. The fourth-order valence-corrected chi connectivity index (χ4v) is 1.59. The van der Waals surface area contributed by atoms with Gasteiger partial charge in [0.1, 0.15) is 11.8 Å². The molecule has 0 spiro atoms. The fourth-order valence-electron chi connectivity index (χ4n) is 1.59. The number of rotatable bonds is 5. The van der Waals surface area contributed by atoms with Crippen LogP contribution in [0.4, 0.5) is 0 Å². The predicted octanol–water partition coefficient (Wildman–Crippen LogP) is 1.27. The summed E-state index contributed by atoms with van der Waals surface area (Å²) in [4.78, 5) is 15.0. The Kier molecular flexibility index (Phi) is 4.45. The van der Waals surface area contributed by atoms with Crippen molar-refractivity contribution < 1.29 is 14.6 Å². The Hall–Kier alpha value is -1.62. The zero-order valence-electron chi connectivity index (χ0n) is 10.6. The van der Waals surface area contributed by atoms with E-state index in [1.807, 2.05) is 13.8 Å². The van der Waals surface area contributed by atoms with Gasteiger partial charge in [-0.25, -0.2) is 0 Å². The van der Waals surface area contributed by atoms with E-state index in [0.29, 0.717) is 6.54 Å². The van der Waals surface area contributed by atoms with Crippen molar-refractivity contribution >= 4 is 5.97 Å². The van der Waals surface area contributed by atoms with Gasteiger partial charge < -0.3 is 9.84 Å². The lowest BCUT2D eigenvalue weighted by molar-refractivity contribution is -0.139. The standard InChI is InChI=1S/C12H18N2O3/c1-7-5-14-10(8(2)11(7)17-4)6-13-9(3)12(15)16/h5,9,13H,6H2,1-4H3,(H,15,16)/t9-/m0/s1. The van der Waals surface area contributed by atoms with Gasteiger partial charge in [0, 0.05) is 23.9 Å². The summed E-state index contributed by atoms with van der Waals surface area (Å²) < 4.78 is 5.29. The van der Waals surface area contributed by atoms with Gasteiger partial charge >= 0.3 is 5.97 Å². The molecule has 0 aliphatic heterocycles. The van der Waals surface area contributed by atoms with Crippen LogP contribution in [0, 0.1) is 13.8 Å². The van der Waals surface area contributed by atoms with Crippen LogP contribution in [-0.4, -0.2) is 29.2 Å². The molecule has 17 heavy (non-hydrogen) atoms. The second kappa shape index (κ2) is 5.63. The number of aromatic nitrogens is 1. The minimum atomic E-state index is -0.873. The van der Waals surface area contributed by atoms with Crippen LogP contribution in [0.5, 0.6) is 5.75 Å². The first-order valence-electron chi connectivity index (χ1n) is 5.42. The van der Waals surface area contributed by atoms with Crippen molar-refractivity contribution in [2.75, 3.05) is 7.11 Å². The van der Waals surface area contributed by atoms with Gasteiger partial charge in [0.2, 0.25) is 0 Å². The molecule has 0 radical (unpaired) electrons. The predicted molar refractivity (Wildman–Crippen MR) is 64.2 cm³/mol. The van der Waals surface area contributed by atoms with Crippen LogP contribution < -0.4 is 10.1 Å². The first kappa shape index (κ1) is 13.4. The number of carboxylic acid groups (broad SMARTS) is 1. The molecule has 0 saturated heterocycles. The zero-order valence-corrected chi connectivity index (χ0v) is 10.6. The van der Waals surface area contributed by atoms with E-state index >= 15 is 0 Å². The largest absolute Gasteiger partial charge is 0.496 e. The number of pyridine rings is 1.